The second kappa shape index (κ2) is 4.22. The summed E-state index contributed by atoms with van der Waals surface area (Å²) in [5.41, 5.74) is 1.98. The normalized spacial score (nSPS) is 10.4. The Kier molecular flexibility index (Phi) is 2.43. The molecule has 3 aromatic rings. The summed E-state index contributed by atoms with van der Waals surface area (Å²) < 4.78 is 0. The van der Waals surface area contributed by atoms with Gasteiger partial charge in [0.25, 0.3) is 0 Å². The molecule has 3 nitrogen and oxygen atoms in total. The van der Waals surface area contributed by atoms with Crippen molar-refractivity contribution in [2.75, 3.05) is 5.32 Å². The van der Waals surface area contributed by atoms with Crippen LogP contribution in [0.2, 0.25) is 0 Å². The molecule has 3 rings (SSSR count). The van der Waals surface area contributed by atoms with Crippen LogP contribution in [0.25, 0.3) is 10.9 Å². The van der Waals surface area contributed by atoms with Crippen LogP contribution in [0.1, 0.15) is 0 Å². The van der Waals surface area contributed by atoms with E-state index in [1.54, 1.807) is 12.4 Å². The van der Waals surface area contributed by atoms with Gasteiger partial charge >= 0.3 is 0 Å². The van der Waals surface area contributed by atoms with Gasteiger partial charge in [-0.2, -0.15) is 0 Å². The van der Waals surface area contributed by atoms with Crippen LogP contribution in [-0.4, -0.2) is 9.97 Å². The average Bonchev–Trinajstić information content (AvgIpc) is 2.40. The van der Waals surface area contributed by atoms with Gasteiger partial charge in [0.2, 0.25) is 0 Å². The van der Waals surface area contributed by atoms with Crippen molar-refractivity contribution >= 4 is 22.4 Å². The third kappa shape index (κ3) is 2.08. The fourth-order valence-corrected chi connectivity index (χ4v) is 1.72. The number of benzene rings is 1. The van der Waals surface area contributed by atoms with Crippen molar-refractivity contribution in [1.82, 2.24) is 9.97 Å². The smallest absolute Gasteiger partial charge is 0.131 e. The topological polar surface area (TPSA) is 37.8 Å². The second-order valence-corrected chi connectivity index (χ2v) is 3.75. The zero-order chi connectivity index (χ0) is 11.5. The highest BCUT2D eigenvalue weighted by atomic mass is 15.0. The summed E-state index contributed by atoms with van der Waals surface area (Å²) in [5, 5.41) is 4.39. The third-order valence-electron chi connectivity index (χ3n) is 2.55. The molecule has 2 heterocycles. The molecule has 0 aliphatic heterocycles. The van der Waals surface area contributed by atoms with E-state index >= 15 is 0 Å². The minimum Gasteiger partial charge on any atom is -0.340 e. The van der Waals surface area contributed by atoms with E-state index < -0.39 is 0 Å². The van der Waals surface area contributed by atoms with E-state index in [9.17, 15) is 0 Å². The van der Waals surface area contributed by atoms with Crippen molar-refractivity contribution in [3.05, 3.63) is 60.9 Å². The highest BCUT2D eigenvalue weighted by molar-refractivity contribution is 5.80. The lowest BCUT2D eigenvalue weighted by Gasteiger charge is -2.05. The third-order valence-corrected chi connectivity index (χ3v) is 2.55. The summed E-state index contributed by atoms with van der Waals surface area (Å²) in [6.45, 7) is 0. The maximum absolute atomic E-state index is 4.54. The number of aromatic nitrogens is 2. The van der Waals surface area contributed by atoms with E-state index in [0.717, 1.165) is 22.4 Å². The molecule has 3 heteroatoms. The Morgan fingerprint density at radius 3 is 2.53 bits per heavy atom. The molecule has 0 bridgehead atoms. The summed E-state index contributed by atoms with van der Waals surface area (Å²) in [5.74, 6) is 0.843. The first-order valence-corrected chi connectivity index (χ1v) is 5.45. The first kappa shape index (κ1) is 9.78. The van der Waals surface area contributed by atoms with Crippen molar-refractivity contribution in [1.29, 1.82) is 0 Å². The highest BCUT2D eigenvalue weighted by Crippen LogP contribution is 2.17. The Bertz CT molecular complexity index is 635. The Labute approximate surface area is 99.2 Å². The molecular weight excluding hydrogens is 210 g/mol. The SMILES string of the molecule is c1ccc2nc(Nc3ccncc3)ccc2c1. The van der Waals surface area contributed by atoms with Crippen LogP contribution in [-0.2, 0) is 0 Å². The number of nitrogens with zero attached hydrogens (tertiary/aromatic N) is 2. The summed E-state index contributed by atoms with van der Waals surface area (Å²) in [7, 11) is 0. The standard InChI is InChI=1S/C14H11N3/c1-2-4-13-11(3-1)5-6-14(17-13)16-12-7-9-15-10-8-12/h1-10H,(H,15,16,17). The van der Waals surface area contributed by atoms with Gasteiger partial charge in [-0.15, -0.1) is 0 Å². The van der Waals surface area contributed by atoms with Crippen LogP contribution < -0.4 is 5.32 Å². The average molecular weight is 221 g/mol. The number of hydrogen-bond acceptors (Lipinski definition) is 3. The molecular formula is C14H11N3. The summed E-state index contributed by atoms with van der Waals surface area (Å²) in [6, 6.07) is 15.9. The fraction of sp³-hybridized carbons (Fsp3) is 0. The lowest BCUT2D eigenvalue weighted by atomic mass is 10.2. The van der Waals surface area contributed by atoms with Gasteiger partial charge in [0.1, 0.15) is 5.82 Å². The highest BCUT2D eigenvalue weighted by Gasteiger charge is 1.97. The van der Waals surface area contributed by atoms with Crippen LogP contribution in [0.5, 0.6) is 0 Å². The van der Waals surface area contributed by atoms with E-state index in [0.29, 0.717) is 0 Å². The first-order valence-electron chi connectivity index (χ1n) is 5.45. The van der Waals surface area contributed by atoms with Crippen molar-refractivity contribution in [2.45, 2.75) is 0 Å². The number of anilines is 2. The zero-order valence-corrected chi connectivity index (χ0v) is 9.17. The lowest BCUT2D eigenvalue weighted by Crippen LogP contribution is -1.93. The summed E-state index contributed by atoms with van der Waals surface area (Å²) in [6.07, 6.45) is 3.51. The molecule has 0 aliphatic carbocycles. The maximum atomic E-state index is 4.54. The molecule has 1 N–H and O–H groups in total. The van der Waals surface area contributed by atoms with Gasteiger partial charge in [0.15, 0.2) is 0 Å². The Morgan fingerprint density at radius 1 is 0.824 bits per heavy atom. The molecule has 0 aliphatic rings. The van der Waals surface area contributed by atoms with Gasteiger partial charge in [0, 0.05) is 23.5 Å². The minimum absolute atomic E-state index is 0.843. The van der Waals surface area contributed by atoms with E-state index in [4.69, 9.17) is 0 Å². The second-order valence-electron chi connectivity index (χ2n) is 3.75. The van der Waals surface area contributed by atoms with Crippen molar-refractivity contribution in [2.24, 2.45) is 0 Å². The lowest BCUT2D eigenvalue weighted by molar-refractivity contribution is 1.31. The largest absolute Gasteiger partial charge is 0.340 e. The van der Waals surface area contributed by atoms with Crippen molar-refractivity contribution in [3.63, 3.8) is 0 Å². The van der Waals surface area contributed by atoms with Gasteiger partial charge in [-0.05, 0) is 30.3 Å². The van der Waals surface area contributed by atoms with E-state index in [1.165, 1.54) is 0 Å². The number of rotatable bonds is 2. The monoisotopic (exact) mass is 221 g/mol. The van der Waals surface area contributed by atoms with Crippen LogP contribution in [0.3, 0.4) is 0 Å². The van der Waals surface area contributed by atoms with Gasteiger partial charge in [0.05, 0.1) is 5.52 Å². The molecule has 1 aromatic carbocycles. The quantitative estimate of drug-likeness (QED) is 0.721. The summed E-state index contributed by atoms with van der Waals surface area (Å²) in [4.78, 5) is 8.52. The van der Waals surface area contributed by atoms with Gasteiger partial charge < -0.3 is 5.32 Å². The predicted molar refractivity (Wildman–Crippen MR) is 69.3 cm³/mol. The van der Waals surface area contributed by atoms with E-state index in [2.05, 4.69) is 27.4 Å². The predicted octanol–water partition coefficient (Wildman–Crippen LogP) is 3.37. The van der Waals surface area contributed by atoms with Crippen molar-refractivity contribution < 1.29 is 0 Å². The molecule has 82 valence electrons. The molecule has 17 heavy (non-hydrogen) atoms. The number of pyridine rings is 2. The van der Waals surface area contributed by atoms with Gasteiger partial charge in [-0.1, -0.05) is 18.2 Å². The molecule has 0 unspecified atom stereocenters. The van der Waals surface area contributed by atoms with E-state index in [-0.39, 0.29) is 0 Å². The van der Waals surface area contributed by atoms with E-state index in [1.807, 2.05) is 36.4 Å². The number of para-hydroxylation sites is 1. The summed E-state index contributed by atoms with van der Waals surface area (Å²) >= 11 is 0. The minimum atomic E-state index is 0.843. The fourth-order valence-electron chi connectivity index (χ4n) is 1.72. The van der Waals surface area contributed by atoms with Crippen LogP contribution in [0.15, 0.2) is 60.9 Å². The molecule has 2 aromatic heterocycles. The molecule has 0 saturated heterocycles. The van der Waals surface area contributed by atoms with Gasteiger partial charge in [-0.3, -0.25) is 4.98 Å². The van der Waals surface area contributed by atoms with Crippen LogP contribution in [0, 0.1) is 0 Å². The molecule has 0 radical (unpaired) electrons. The number of fused-ring (bicyclic) bond motifs is 1. The Hall–Kier alpha value is -2.42. The van der Waals surface area contributed by atoms with Crippen LogP contribution in [0.4, 0.5) is 11.5 Å². The van der Waals surface area contributed by atoms with Crippen molar-refractivity contribution in [3.8, 4) is 0 Å². The maximum Gasteiger partial charge on any atom is 0.131 e. The molecule has 0 spiro atoms. The first-order chi connectivity index (χ1) is 8.42. The zero-order valence-electron chi connectivity index (χ0n) is 9.17. The van der Waals surface area contributed by atoms with Crippen LogP contribution >= 0.6 is 0 Å². The Balaban J connectivity index is 1.96. The Morgan fingerprint density at radius 2 is 1.65 bits per heavy atom. The number of nitrogens with one attached hydrogen (secondary N) is 1. The number of hydrogen-bond donors (Lipinski definition) is 1. The molecule has 0 fully saturated rings. The molecule has 0 atom stereocenters. The molecule has 0 saturated carbocycles. The van der Waals surface area contributed by atoms with Gasteiger partial charge in [-0.25, -0.2) is 4.98 Å². The molecule has 0 amide bonds.